The Labute approximate surface area is 218 Å². The highest BCUT2D eigenvalue weighted by atomic mass is 31.1. The maximum atomic E-state index is 10.1. The summed E-state index contributed by atoms with van der Waals surface area (Å²) in [6.07, 6.45) is 13.5. The topological polar surface area (TPSA) is 38.7 Å². The Bertz CT molecular complexity index is 1170. The number of rotatable bonds is 7. The molecular weight excluding hydrogens is 463 g/mol. The van der Waals surface area contributed by atoms with E-state index in [0.717, 1.165) is 39.3 Å². The monoisotopic (exact) mass is 504 g/mol. The number of aliphatic hydroxyl groups excluding tert-OH is 1. The first kappa shape index (κ1) is 25.6. The fourth-order valence-corrected chi connectivity index (χ4v) is 10.9. The second kappa shape index (κ2) is 11.5. The van der Waals surface area contributed by atoms with E-state index in [-0.39, 0.29) is 6.61 Å². The van der Waals surface area contributed by atoms with E-state index in [1.807, 2.05) is 14.2 Å². The summed E-state index contributed by atoms with van der Waals surface area (Å²) in [7, 11) is 3.26. The van der Waals surface area contributed by atoms with E-state index >= 15 is 0 Å². The summed E-state index contributed by atoms with van der Waals surface area (Å²) in [6.45, 7) is 2.21. The van der Waals surface area contributed by atoms with Gasteiger partial charge < -0.3 is 14.6 Å². The van der Waals surface area contributed by atoms with Crippen LogP contribution < -0.4 is 14.8 Å². The van der Waals surface area contributed by atoms with E-state index in [9.17, 15) is 5.11 Å². The minimum atomic E-state index is -0.404. The minimum Gasteiger partial charge on any atom is -0.496 e. The highest BCUT2D eigenvalue weighted by Crippen LogP contribution is 2.59. The molecule has 0 aliphatic heterocycles. The van der Waals surface area contributed by atoms with Crippen LogP contribution in [0.15, 0.2) is 42.5 Å². The lowest BCUT2D eigenvalue weighted by Crippen LogP contribution is -2.28. The maximum absolute atomic E-state index is 10.1. The molecule has 3 nitrogen and oxygen atoms in total. The summed E-state index contributed by atoms with van der Waals surface area (Å²) >= 11 is 0. The first-order chi connectivity index (χ1) is 17.7. The summed E-state index contributed by atoms with van der Waals surface area (Å²) in [4.78, 5) is 0. The molecule has 2 fully saturated rings. The number of benzene rings is 3. The molecule has 0 unspecified atom stereocenters. The molecule has 4 heteroatoms. The van der Waals surface area contributed by atoms with Crippen LogP contribution in [0.3, 0.4) is 0 Å². The second-order valence-electron chi connectivity index (χ2n) is 10.6. The molecular formula is C32H41O3P. The molecule has 0 atom stereocenters. The van der Waals surface area contributed by atoms with Crippen LogP contribution in [-0.2, 0) is 6.61 Å². The fraction of sp³-hybridized carbons (Fsp3) is 0.500. The summed E-state index contributed by atoms with van der Waals surface area (Å²) in [6, 6.07) is 15.0. The number of hydrogen-bond acceptors (Lipinski definition) is 3. The zero-order valence-corrected chi connectivity index (χ0v) is 23.1. The van der Waals surface area contributed by atoms with Crippen LogP contribution in [0.2, 0.25) is 0 Å². The van der Waals surface area contributed by atoms with E-state index in [4.69, 9.17) is 9.47 Å². The second-order valence-corrected chi connectivity index (χ2v) is 13.3. The van der Waals surface area contributed by atoms with Gasteiger partial charge in [0.1, 0.15) is 11.5 Å². The van der Waals surface area contributed by atoms with Gasteiger partial charge in [0.2, 0.25) is 0 Å². The quantitative estimate of drug-likeness (QED) is 0.330. The van der Waals surface area contributed by atoms with E-state index in [0.29, 0.717) is 0 Å². The Morgan fingerprint density at radius 3 is 1.97 bits per heavy atom. The molecule has 2 aliphatic rings. The molecule has 0 bridgehead atoms. The van der Waals surface area contributed by atoms with Gasteiger partial charge in [-0.15, -0.1) is 0 Å². The summed E-state index contributed by atoms with van der Waals surface area (Å²) in [5.41, 5.74) is 6.03. The molecule has 5 rings (SSSR count). The van der Waals surface area contributed by atoms with Crippen LogP contribution in [0.25, 0.3) is 21.9 Å². The number of hydrogen-bond donors (Lipinski definition) is 1. The molecule has 0 heterocycles. The van der Waals surface area contributed by atoms with Crippen molar-refractivity contribution in [3.63, 3.8) is 0 Å². The molecule has 1 N–H and O–H groups in total. The minimum absolute atomic E-state index is 0.0429. The molecule has 2 saturated carbocycles. The third-order valence-corrected chi connectivity index (χ3v) is 12.0. The SMILES string of the molecule is COc1ccc(-c2c(C)cc(CO)c3ccccc23)c(OC)c1P(C1CCCCC1)C1CCCCC1. The van der Waals surface area contributed by atoms with Gasteiger partial charge in [-0.1, -0.05) is 76.8 Å². The van der Waals surface area contributed by atoms with Gasteiger partial charge in [-0.2, -0.15) is 0 Å². The Morgan fingerprint density at radius 1 is 0.806 bits per heavy atom. The largest absolute Gasteiger partial charge is 0.496 e. The van der Waals surface area contributed by atoms with Gasteiger partial charge in [0.25, 0.3) is 0 Å². The molecule has 3 aromatic carbocycles. The number of aryl methyl sites for hydroxylation is 1. The van der Waals surface area contributed by atoms with Gasteiger partial charge in [-0.3, -0.25) is 0 Å². The van der Waals surface area contributed by atoms with Gasteiger partial charge in [0.15, 0.2) is 0 Å². The van der Waals surface area contributed by atoms with Crippen molar-refractivity contribution in [1.82, 2.24) is 0 Å². The molecule has 2 aliphatic carbocycles. The van der Waals surface area contributed by atoms with Crippen LogP contribution in [0, 0.1) is 6.92 Å². The lowest BCUT2D eigenvalue weighted by Gasteiger charge is -2.40. The lowest BCUT2D eigenvalue weighted by molar-refractivity contribution is 0.283. The molecule has 3 aromatic rings. The first-order valence-electron chi connectivity index (χ1n) is 13.8. The van der Waals surface area contributed by atoms with Crippen molar-refractivity contribution >= 4 is 24.0 Å². The Balaban J connectivity index is 1.75. The molecule has 192 valence electrons. The first-order valence-corrected chi connectivity index (χ1v) is 15.3. The third kappa shape index (κ3) is 4.77. The Hall–Kier alpha value is -2.09. The molecule has 0 spiro atoms. The average Bonchev–Trinajstić information content (AvgIpc) is 2.94. The van der Waals surface area contributed by atoms with Crippen LogP contribution in [0.1, 0.15) is 75.3 Å². The van der Waals surface area contributed by atoms with Crippen LogP contribution in [0.5, 0.6) is 11.5 Å². The summed E-state index contributed by atoms with van der Waals surface area (Å²) < 4.78 is 12.5. The van der Waals surface area contributed by atoms with E-state index in [1.54, 1.807) is 0 Å². The fourth-order valence-electron chi connectivity index (χ4n) is 6.84. The molecule has 36 heavy (non-hydrogen) atoms. The Morgan fingerprint density at radius 2 is 1.42 bits per heavy atom. The van der Waals surface area contributed by atoms with Gasteiger partial charge in [0, 0.05) is 5.56 Å². The van der Waals surface area contributed by atoms with Crippen molar-refractivity contribution in [2.75, 3.05) is 14.2 Å². The van der Waals surface area contributed by atoms with Crippen molar-refractivity contribution in [3.05, 3.63) is 53.6 Å². The number of methoxy groups -OCH3 is 2. The summed E-state index contributed by atoms with van der Waals surface area (Å²) in [5.74, 6) is 2.02. The number of ether oxygens (including phenoxy) is 2. The zero-order valence-electron chi connectivity index (χ0n) is 22.2. The van der Waals surface area contributed by atoms with Crippen LogP contribution in [0.4, 0.5) is 0 Å². The maximum Gasteiger partial charge on any atom is 0.138 e. The van der Waals surface area contributed by atoms with Gasteiger partial charge in [0.05, 0.1) is 26.1 Å². The normalized spacial score (nSPS) is 17.6. The van der Waals surface area contributed by atoms with E-state index < -0.39 is 7.92 Å². The van der Waals surface area contributed by atoms with Gasteiger partial charge in [-0.05, 0) is 83.5 Å². The van der Waals surface area contributed by atoms with Crippen molar-refractivity contribution in [2.24, 2.45) is 0 Å². The molecule has 0 aromatic heterocycles. The van der Waals surface area contributed by atoms with Crippen molar-refractivity contribution in [1.29, 1.82) is 0 Å². The molecule has 0 radical (unpaired) electrons. The van der Waals surface area contributed by atoms with Gasteiger partial charge >= 0.3 is 0 Å². The predicted molar refractivity (Wildman–Crippen MR) is 153 cm³/mol. The van der Waals surface area contributed by atoms with E-state index in [2.05, 4.69) is 49.4 Å². The molecule has 0 amide bonds. The van der Waals surface area contributed by atoms with Crippen molar-refractivity contribution < 1.29 is 14.6 Å². The van der Waals surface area contributed by atoms with Crippen LogP contribution >= 0.6 is 7.92 Å². The predicted octanol–water partition coefficient (Wildman–Crippen LogP) is 8.10. The van der Waals surface area contributed by atoms with Gasteiger partial charge in [-0.25, -0.2) is 0 Å². The highest BCUT2D eigenvalue weighted by molar-refractivity contribution is 7.67. The standard InChI is InChI=1S/C32H41O3P/c1-22-20-23(21-33)26-16-10-11-17-27(26)30(22)28-18-19-29(34-2)32(31(28)35-3)36(24-12-6-4-7-13-24)25-14-8-5-9-15-25/h10-11,16-20,24-25,33H,4-9,12-15,21H2,1-3H3. The number of aliphatic hydroxyl groups is 1. The lowest BCUT2D eigenvalue weighted by atomic mass is 9.90. The summed E-state index contributed by atoms with van der Waals surface area (Å²) in [5, 5.41) is 13.7. The highest BCUT2D eigenvalue weighted by Gasteiger charge is 2.37. The average molecular weight is 505 g/mol. The number of fused-ring (bicyclic) bond motifs is 1. The van der Waals surface area contributed by atoms with Crippen LogP contribution in [-0.4, -0.2) is 30.6 Å². The molecule has 0 saturated heterocycles. The van der Waals surface area contributed by atoms with Crippen molar-refractivity contribution in [2.45, 2.75) is 89.1 Å². The smallest absolute Gasteiger partial charge is 0.138 e. The third-order valence-electron chi connectivity index (χ3n) is 8.48. The zero-order chi connectivity index (χ0) is 25.1. The Kier molecular flexibility index (Phi) is 8.18. The van der Waals surface area contributed by atoms with E-state index in [1.165, 1.54) is 86.0 Å². The van der Waals surface area contributed by atoms with Crippen molar-refractivity contribution in [3.8, 4) is 22.6 Å².